The molecule has 0 spiro atoms. The number of amides is 2. The van der Waals surface area contributed by atoms with E-state index in [0.29, 0.717) is 28.6 Å². The summed E-state index contributed by atoms with van der Waals surface area (Å²) in [7, 11) is -2.78. The Balaban J connectivity index is 2.10. The van der Waals surface area contributed by atoms with Crippen LogP contribution < -0.4 is 14.4 Å². The average molecular weight is 607 g/mol. The summed E-state index contributed by atoms with van der Waals surface area (Å²) in [6.45, 7) is 3.54. The number of nitrogens with zero attached hydrogens (tertiary/aromatic N) is 2. The molecule has 0 heterocycles. The molecule has 2 amide bonds. The van der Waals surface area contributed by atoms with Crippen molar-refractivity contribution >= 4 is 50.7 Å². The first-order chi connectivity index (χ1) is 19.1. The van der Waals surface area contributed by atoms with Gasteiger partial charge in [0.05, 0.1) is 17.7 Å². The van der Waals surface area contributed by atoms with Crippen molar-refractivity contribution < 1.29 is 22.7 Å². The normalized spacial score (nSPS) is 11.9. The molecule has 0 aliphatic carbocycles. The second kappa shape index (κ2) is 14.4. The second-order valence-electron chi connectivity index (χ2n) is 8.97. The molecular weight excluding hydrogens is 573 g/mol. The summed E-state index contributed by atoms with van der Waals surface area (Å²) >= 11 is 12.5. The Morgan fingerprint density at radius 3 is 2.27 bits per heavy atom. The number of hydrogen-bond acceptors (Lipinski definition) is 5. The van der Waals surface area contributed by atoms with Crippen LogP contribution in [0, 0.1) is 0 Å². The summed E-state index contributed by atoms with van der Waals surface area (Å²) in [6.07, 6.45) is 1.02. The fourth-order valence-corrected chi connectivity index (χ4v) is 6.10. The number of methoxy groups -OCH3 is 1. The van der Waals surface area contributed by atoms with E-state index < -0.39 is 28.5 Å². The number of para-hydroxylation sites is 2. The Hall–Kier alpha value is -3.27. The zero-order valence-electron chi connectivity index (χ0n) is 22.6. The molecule has 0 bridgehead atoms. The van der Waals surface area contributed by atoms with Gasteiger partial charge in [0, 0.05) is 23.1 Å². The maximum atomic E-state index is 14.1. The minimum absolute atomic E-state index is 0.00809. The van der Waals surface area contributed by atoms with Gasteiger partial charge in [0.1, 0.15) is 18.3 Å². The lowest BCUT2D eigenvalue weighted by molar-refractivity contribution is -0.140. The largest absolute Gasteiger partial charge is 0.495 e. The molecule has 1 atom stereocenters. The van der Waals surface area contributed by atoms with Crippen LogP contribution in [0.2, 0.25) is 10.0 Å². The third-order valence-electron chi connectivity index (χ3n) is 6.25. The summed E-state index contributed by atoms with van der Waals surface area (Å²) in [5.74, 6) is -0.651. The van der Waals surface area contributed by atoms with Gasteiger partial charge in [-0.1, -0.05) is 73.4 Å². The highest BCUT2D eigenvalue weighted by Gasteiger charge is 2.34. The number of sulfonamides is 1. The lowest BCUT2D eigenvalue weighted by Gasteiger charge is -2.33. The standard InChI is InChI=1S/C29H33Cl2N3O5S/c1-4-17-32-29(36)25(5-2)33(19-21-15-16-22(30)18-24(21)31)28(35)20-34(26-13-9-10-14-27(26)39-3)40(37,38)23-11-7-6-8-12-23/h6-16,18,25H,4-5,17,19-20H2,1-3H3,(H,32,36)/t25-/m1/s1. The SMILES string of the molecule is CCCNC(=O)[C@@H](CC)N(Cc1ccc(Cl)cc1Cl)C(=O)CN(c1ccccc1OC)S(=O)(=O)c1ccccc1. The van der Waals surface area contributed by atoms with E-state index in [1.165, 1.54) is 24.1 Å². The van der Waals surface area contributed by atoms with Gasteiger partial charge in [0.25, 0.3) is 10.0 Å². The molecule has 0 fully saturated rings. The molecule has 0 aliphatic heterocycles. The highest BCUT2D eigenvalue weighted by Crippen LogP contribution is 2.33. The second-order valence-corrected chi connectivity index (χ2v) is 11.7. The van der Waals surface area contributed by atoms with Crippen LogP contribution in [0.3, 0.4) is 0 Å². The Bertz CT molecular complexity index is 1420. The molecule has 0 aliphatic rings. The monoisotopic (exact) mass is 605 g/mol. The molecule has 3 aromatic rings. The number of anilines is 1. The fraction of sp³-hybridized carbons (Fsp3) is 0.310. The minimum atomic E-state index is -4.21. The number of benzene rings is 3. The zero-order chi connectivity index (χ0) is 29.3. The molecule has 0 unspecified atom stereocenters. The Morgan fingerprint density at radius 1 is 0.975 bits per heavy atom. The topological polar surface area (TPSA) is 96.0 Å². The molecule has 0 radical (unpaired) electrons. The number of hydrogen-bond donors (Lipinski definition) is 1. The Morgan fingerprint density at radius 2 is 1.65 bits per heavy atom. The van der Waals surface area contributed by atoms with E-state index in [9.17, 15) is 18.0 Å². The van der Waals surface area contributed by atoms with Crippen LogP contribution in [-0.2, 0) is 26.2 Å². The van der Waals surface area contributed by atoms with Crippen molar-refractivity contribution in [2.24, 2.45) is 0 Å². The minimum Gasteiger partial charge on any atom is -0.495 e. The van der Waals surface area contributed by atoms with Gasteiger partial charge in [-0.15, -0.1) is 0 Å². The highest BCUT2D eigenvalue weighted by molar-refractivity contribution is 7.92. The molecule has 3 rings (SSSR count). The van der Waals surface area contributed by atoms with Gasteiger partial charge in [-0.3, -0.25) is 13.9 Å². The summed E-state index contributed by atoms with van der Waals surface area (Å²) in [6, 6.07) is 18.4. The summed E-state index contributed by atoms with van der Waals surface area (Å²) < 4.78 is 34.3. The van der Waals surface area contributed by atoms with Gasteiger partial charge in [-0.25, -0.2) is 8.42 Å². The van der Waals surface area contributed by atoms with Crippen LogP contribution in [0.15, 0.2) is 77.7 Å². The Labute approximate surface area is 245 Å². The van der Waals surface area contributed by atoms with Crippen molar-refractivity contribution in [2.45, 2.75) is 44.2 Å². The number of halogens is 2. The van der Waals surface area contributed by atoms with E-state index in [-0.39, 0.29) is 28.8 Å². The highest BCUT2D eigenvalue weighted by atomic mass is 35.5. The van der Waals surface area contributed by atoms with E-state index in [2.05, 4.69) is 5.32 Å². The van der Waals surface area contributed by atoms with E-state index in [1.807, 2.05) is 6.92 Å². The molecule has 8 nitrogen and oxygen atoms in total. The molecule has 0 aromatic heterocycles. The van der Waals surface area contributed by atoms with Gasteiger partial charge < -0.3 is 15.0 Å². The van der Waals surface area contributed by atoms with Gasteiger partial charge in [0.15, 0.2) is 0 Å². The molecule has 0 saturated carbocycles. The van der Waals surface area contributed by atoms with Crippen LogP contribution in [-0.4, -0.2) is 51.4 Å². The average Bonchev–Trinajstić information content (AvgIpc) is 2.96. The third kappa shape index (κ3) is 7.47. The smallest absolute Gasteiger partial charge is 0.264 e. The number of rotatable bonds is 13. The number of carbonyl (C=O) groups is 2. The number of nitrogens with one attached hydrogen (secondary N) is 1. The van der Waals surface area contributed by atoms with Crippen LogP contribution >= 0.6 is 23.2 Å². The van der Waals surface area contributed by atoms with Crippen molar-refractivity contribution in [3.05, 3.63) is 88.4 Å². The molecule has 214 valence electrons. The zero-order valence-corrected chi connectivity index (χ0v) is 25.0. The van der Waals surface area contributed by atoms with Gasteiger partial charge >= 0.3 is 0 Å². The van der Waals surface area contributed by atoms with Gasteiger partial charge in [-0.2, -0.15) is 0 Å². The first-order valence-electron chi connectivity index (χ1n) is 12.9. The van der Waals surface area contributed by atoms with E-state index in [1.54, 1.807) is 67.6 Å². The van der Waals surface area contributed by atoms with E-state index in [0.717, 1.165) is 10.7 Å². The van der Waals surface area contributed by atoms with Crippen LogP contribution in [0.5, 0.6) is 5.75 Å². The van der Waals surface area contributed by atoms with Crippen molar-refractivity contribution in [1.29, 1.82) is 0 Å². The van der Waals surface area contributed by atoms with E-state index in [4.69, 9.17) is 27.9 Å². The number of ether oxygens (including phenoxy) is 1. The van der Waals surface area contributed by atoms with Gasteiger partial charge in [0.2, 0.25) is 11.8 Å². The quantitative estimate of drug-likeness (QED) is 0.276. The Kier molecular flexibility index (Phi) is 11.2. The summed E-state index contributed by atoms with van der Waals surface area (Å²) in [5, 5.41) is 3.60. The van der Waals surface area contributed by atoms with E-state index >= 15 is 0 Å². The van der Waals surface area contributed by atoms with Crippen LogP contribution in [0.1, 0.15) is 32.3 Å². The molecule has 40 heavy (non-hydrogen) atoms. The summed E-state index contributed by atoms with van der Waals surface area (Å²) in [4.78, 5) is 28.6. The fourth-order valence-electron chi connectivity index (χ4n) is 4.19. The first kappa shape index (κ1) is 31.3. The lowest BCUT2D eigenvalue weighted by Crippen LogP contribution is -2.52. The maximum Gasteiger partial charge on any atom is 0.264 e. The van der Waals surface area contributed by atoms with Crippen LogP contribution in [0.4, 0.5) is 5.69 Å². The van der Waals surface area contributed by atoms with Crippen molar-refractivity contribution in [3.8, 4) is 5.75 Å². The molecular formula is C29H33Cl2N3O5S. The predicted molar refractivity (Wildman–Crippen MR) is 158 cm³/mol. The first-order valence-corrected chi connectivity index (χ1v) is 15.1. The van der Waals surface area contributed by atoms with Crippen molar-refractivity contribution in [2.75, 3.05) is 24.5 Å². The van der Waals surface area contributed by atoms with Gasteiger partial charge in [-0.05, 0) is 54.8 Å². The maximum absolute atomic E-state index is 14.1. The molecule has 0 saturated heterocycles. The molecule has 11 heteroatoms. The lowest BCUT2D eigenvalue weighted by atomic mass is 10.1. The van der Waals surface area contributed by atoms with Crippen LogP contribution in [0.25, 0.3) is 0 Å². The van der Waals surface area contributed by atoms with Crippen molar-refractivity contribution in [3.63, 3.8) is 0 Å². The summed E-state index contributed by atoms with van der Waals surface area (Å²) in [5.41, 5.74) is 0.756. The predicted octanol–water partition coefficient (Wildman–Crippen LogP) is 5.53. The molecule has 1 N–H and O–H groups in total. The third-order valence-corrected chi connectivity index (χ3v) is 8.62. The molecule has 3 aromatic carbocycles. The van der Waals surface area contributed by atoms with Crippen molar-refractivity contribution in [1.82, 2.24) is 10.2 Å². The number of carbonyl (C=O) groups excluding carboxylic acids is 2.